The molecule has 2 atom stereocenters. The van der Waals surface area contributed by atoms with E-state index in [1.54, 1.807) is 6.07 Å². The first-order valence-corrected chi connectivity index (χ1v) is 8.27. The predicted octanol–water partition coefficient (Wildman–Crippen LogP) is 3.44. The Hall–Kier alpha value is -2.50. The van der Waals surface area contributed by atoms with E-state index >= 15 is 0 Å². The molecule has 6 nitrogen and oxygen atoms in total. The number of benzene rings is 1. The Bertz CT molecular complexity index is 709. The molecule has 0 radical (unpaired) electrons. The van der Waals surface area contributed by atoms with Gasteiger partial charge in [0.25, 0.3) is 5.69 Å². The van der Waals surface area contributed by atoms with Crippen LogP contribution in [0.4, 0.5) is 5.69 Å². The number of carbonyl (C=O) groups is 2. The van der Waals surface area contributed by atoms with Crippen molar-refractivity contribution in [3.8, 4) is 0 Å². The fraction of sp³-hybridized carbons (Fsp3) is 0.444. The average Bonchev–Trinajstić information content (AvgIpc) is 2.54. The zero-order valence-corrected chi connectivity index (χ0v) is 13.3. The molecule has 1 aliphatic carbocycles. The van der Waals surface area contributed by atoms with Crippen LogP contribution in [0.15, 0.2) is 29.8 Å². The second-order valence-corrected chi connectivity index (χ2v) is 6.32. The minimum Gasteiger partial charge on any atom is -0.458 e. The Morgan fingerprint density at radius 1 is 1.12 bits per heavy atom. The van der Waals surface area contributed by atoms with Crippen molar-refractivity contribution < 1.29 is 19.2 Å². The van der Waals surface area contributed by atoms with Gasteiger partial charge in [-0.1, -0.05) is 31.4 Å². The number of fused-ring (bicyclic) bond motifs is 1. The third-order valence-corrected chi connectivity index (χ3v) is 4.68. The number of ether oxygens (including phenoxy) is 1. The van der Waals surface area contributed by atoms with Crippen LogP contribution in [0.3, 0.4) is 0 Å². The highest BCUT2D eigenvalue weighted by molar-refractivity contribution is 6.22. The van der Waals surface area contributed by atoms with Crippen molar-refractivity contribution >= 4 is 23.5 Å². The maximum atomic E-state index is 12.8. The van der Waals surface area contributed by atoms with E-state index in [0.29, 0.717) is 5.56 Å². The Kier molecular flexibility index (Phi) is 4.74. The molecule has 2 fully saturated rings. The van der Waals surface area contributed by atoms with Gasteiger partial charge in [0.15, 0.2) is 5.78 Å². The number of carbonyl (C=O) groups excluding carboxylic acids is 2. The molecular weight excluding hydrogens is 310 g/mol. The van der Waals surface area contributed by atoms with Gasteiger partial charge in [0, 0.05) is 12.1 Å². The number of hydrogen-bond donors (Lipinski definition) is 0. The van der Waals surface area contributed by atoms with Crippen molar-refractivity contribution in [3.63, 3.8) is 0 Å². The van der Waals surface area contributed by atoms with Crippen LogP contribution in [0, 0.1) is 16.0 Å². The van der Waals surface area contributed by atoms with Crippen molar-refractivity contribution in [2.75, 3.05) is 0 Å². The molecule has 1 aromatic rings. The molecular formula is C18H19NO5. The molecule has 1 saturated heterocycles. The predicted molar refractivity (Wildman–Crippen MR) is 87.2 cm³/mol. The fourth-order valence-corrected chi connectivity index (χ4v) is 3.42. The topological polar surface area (TPSA) is 86.5 Å². The van der Waals surface area contributed by atoms with Crippen LogP contribution in [0.25, 0.3) is 6.08 Å². The first kappa shape index (κ1) is 16.4. The van der Waals surface area contributed by atoms with Gasteiger partial charge < -0.3 is 4.74 Å². The van der Waals surface area contributed by atoms with E-state index in [-0.39, 0.29) is 29.1 Å². The highest BCUT2D eigenvalue weighted by Gasteiger charge is 2.40. The normalized spacial score (nSPS) is 26.2. The summed E-state index contributed by atoms with van der Waals surface area (Å²) in [5.74, 6) is -1.09. The number of esters is 1. The first-order chi connectivity index (χ1) is 11.6. The van der Waals surface area contributed by atoms with Gasteiger partial charge in [-0.2, -0.15) is 0 Å². The van der Waals surface area contributed by atoms with Crippen LogP contribution >= 0.6 is 0 Å². The number of rotatable bonds is 2. The maximum Gasteiger partial charge on any atom is 0.342 e. The van der Waals surface area contributed by atoms with Gasteiger partial charge in [-0.3, -0.25) is 14.9 Å². The molecule has 0 spiro atoms. The van der Waals surface area contributed by atoms with Gasteiger partial charge in [-0.25, -0.2) is 4.79 Å². The van der Waals surface area contributed by atoms with E-state index in [1.165, 1.54) is 24.3 Å². The summed E-state index contributed by atoms with van der Waals surface area (Å²) < 4.78 is 5.50. The van der Waals surface area contributed by atoms with E-state index in [2.05, 4.69) is 0 Å². The quantitative estimate of drug-likeness (QED) is 0.273. The molecule has 1 aromatic carbocycles. The number of hydrogen-bond acceptors (Lipinski definition) is 5. The minimum absolute atomic E-state index is 0.00248. The second kappa shape index (κ2) is 6.95. The molecule has 1 saturated carbocycles. The number of nitro benzene ring substituents is 1. The molecule has 2 aliphatic rings. The highest BCUT2D eigenvalue weighted by atomic mass is 16.6. The zero-order valence-electron chi connectivity index (χ0n) is 13.3. The second-order valence-electron chi connectivity index (χ2n) is 6.32. The van der Waals surface area contributed by atoms with Crippen molar-refractivity contribution in [1.82, 2.24) is 0 Å². The summed E-state index contributed by atoms with van der Waals surface area (Å²) in [4.78, 5) is 35.3. The van der Waals surface area contributed by atoms with Gasteiger partial charge in [-0.15, -0.1) is 0 Å². The number of non-ortho nitro benzene ring substituents is 1. The smallest absolute Gasteiger partial charge is 0.342 e. The number of Topliss-reactive ketones (excluding diaryl/α,β-unsaturated/α-hetero) is 1. The van der Waals surface area contributed by atoms with Crippen LogP contribution in [-0.4, -0.2) is 22.8 Å². The zero-order chi connectivity index (χ0) is 17.1. The lowest BCUT2D eigenvalue weighted by molar-refractivity contribution is -0.384. The molecule has 126 valence electrons. The van der Waals surface area contributed by atoms with Gasteiger partial charge in [-0.05, 0) is 30.9 Å². The Morgan fingerprint density at radius 2 is 1.88 bits per heavy atom. The van der Waals surface area contributed by atoms with E-state index in [9.17, 15) is 19.7 Å². The van der Waals surface area contributed by atoms with Crippen LogP contribution < -0.4 is 0 Å². The SMILES string of the molecule is O=C1OC2CCCCCCC2C(=O)/C1=C/c1cccc([N+](=O)[O-])c1. The van der Waals surface area contributed by atoms with Crippen LogP contribution in [0.1, 0.15) is 44.1 Å². The molecule has 3 rings (SSSR count). The summed E-state index contributed by atoms with van der Waals surface area (Å²) in [7, 11) is 0. The molecule has 0 N–H and O–H groups in total. The van der Waals surface area contributed by atoms with Gasteiger partial charge in [0.2, 0.25) is 0 Å². The summed E-state index contributed by atoms with van der Waals surface area (Å²) in [6, 6.07) is 5.87. The Labute approximate surface area is 139 Å². The molecule has 6 heteroatoms. The van der Waals surface area contributed by atoms with Crippen molar-refractivity contribution in [3.05, 3.63) is 45.5 Å². The number of nitro groups is 1. The molecule has 0 amide bonds. The van der Waals surface area contributed by atoms with Gasteiger partial charge >= 0.3 is 5.97 Å². The summed E-state index contributed by atoms with van der Waals surface area (Å²) in [5.41, 5.74) is 0.371. The highest BCUT2D eigenvalue weighted by Crippen LogP contribution is 2.33. The van der Waals surface area contributed by atoms with Crippen LogP contribution in [0.2, 0.25) is 0 Å². The third-order valence-electron chi connectivity index (χ3n) is 4.68. The van der Waals surface area contributed by atoms with Crippen molar-refractivity contribution in [2.24, 2.45) is 5.92 Å². The van der Waals surface area contributed by atoms with E-state index in [4.69, 9.17) is 4.74 Å². The molecule has 2 unspecified atom stereocenters. The van der Waals surface area contributed by atoms with Crippen LogP contribution in [0.5, 0.6) is 0 Å². The third kappa shape index (κ3) is 3.37. The van der Waals surface area contributed by atoms with Crippen LogP contribution in [-0.2, 0) is 14.3 Å². The summed E-state index contributed by atoms with van der Waals surface area (Å²) in [5, 5.41) is 10.9. The lowest BCUT2D eigenvalue weighted by Gasteiger charge is -2.32. The first-order valence-electron chi connectivity index (χ1n) is 8.27. The Morgan fingerprint density at radius 3 is 2.62 bits per heavy atom. The number of nitrogens with zero attached hydrogens (tertiary/aromatic N) is 1. The maximum absolute atomic E-state index is 12.8. The number of ketones is 1. The molecule has 1 aliphatic heterocycles. The summed E-state index contributed by atoms with van der Waals surface area (Å²) in [6.07, 6.45) is 6.65. The fourth-order valence-electron chi connectivity index (χ4n) is 3.42. The average molecular weight is 329 g/mol. The largest absolute Gasteiger partial charge is 0.458 e. The lowest BCUT2D eigenvalue weighted by atomic mass is 9.81. The minimum atomic E-state index is -0.617. The summed E-state index contributed by atoms with van der Waals surface area (Å²) in [6.45, 7) is 0. The van der Waals surface area contributed by atoms with Crippen molar-refractivity contribution in [1.29, 1.82) is 0 Å². The standard InChI is InChI=1S/C18H19NO5/c20-17-14-8-3-1-2-4-9-16(14)24-18(21)15(17)11-12-6-5-7-13(10-12)19(22)23/h5-7,10-11,14,16H,1-4,8-9H2/b15-11-. The van der Waals surface area contributed by atoms with E-state index in [0.717, 1.165) is 38.5 Å². The van der Waals surface area contributed by atoms with E-state index in [1.807, 2.05) is 0 Å². The van der Waals surface area contributed by atoms with Gasteiger partial charge in [0.05, 0.1) is 10.8 Å². The lowest BCUT2D eigenvalue weighted by Crippen LogP contribution is -2.41. The molecule has 0 bridgehead atoms. The van der Waals surface area contributed by atoms with Gasteiger partial charge in [0.1, 0.15) is 11.7 Å². The summed E-state index contributed by atoms with van der Waals surface area (Å²) >= 11 is 0. The molecule has 0 aromatic heterocycles. The monoisotopic (exact) mass is 329 g/mol. The Balaban J connectivity index is 1.89. The van der Waals surface area contributed by atoms with Crippen molar-refractivity contribution in [2.45, 2.75) is 44.6 Å². The molecule has 24 heavy (non-hydrogen) atoms. The molecule has 1 heterocycles. The van der Waals surface area contributed by atoms with E-state index < -0.39 is 10.9 Å².